The maximum Gasteiger partial charge on any atom is 0.255 e. The number of nitrogens with zero attached hydrogens (tertiary/aromatic N) is 4. The predicted molar refractivity (Wildman–Crippen MR) is 186 cm³/mol. The van der Waals surface area contributed by atoms with E-state index in [2.05, 4.69) is 67.5 Å². The molecule has 3 heterocycles. The normalized spacial score (nSPS) is 21.6. The van der Waals surface area contributed by atoms with Crippen molar-refractivity contribution in [2.75, 3.05) is 45.1 Å². The van der Waals surface area contributed by atoms with Crippen LogP contribution in [-0.4, -0.2) is 82.3 Å². The van der Waals surface area contributed by atoms with E-state index in [1.165, 1.54) is 28.7 Å². The summed E-state index contributed by atoms with van der Waals surface area (Å²) in [6, 6.07) is 17.9. The third-order valence-corrected chi connectivity index (χ3v) is 10.8. The van der Waals surface area contributed by atoms with Crippen LogP contribution >= 0.6 is 11.3 Å². The molecule has 10 heteroatoms. The number of nitrogens with one attached hydrogen (secondary N) is 1. The molecule has 9 nitrogen and oxygen atoms in total. The molecular weight excluding hydrogens is 609 g/mol. The third-order valence-electron chi connectivity index (χ3n) is 10.1. The fourth-order valence-electron chi connectivity index (χ4n) is 7.42. The molecule has 2 aromatic heterocycles. The zero-order chi connectivity index (χ0) is 32.3. The van der Waals surface area contributed by atoms with Gasteiger partial charge in [-0.05, 0) is 72.9 Å². The van der Waals surface area contributed by atoms with Crippen molar-refractivity contribution in [3.63, 3.8) is 0 Å². The first-order valence-corrected chi connectivity index (χ1v) is 17.7. The number of aliphatic hydroxyl groups excluding tert-OH is 1. The van der Waals surface area contributed by atoms with Gasteiger partial charge in [-0.3, -0.25) is 14.6 Å². The number of hydrogen-bond donors (Lipinski definition) is 3. The molecule has 47 heavy (non-hydrogen) atoms. The zero-order valence-electron chi connectivity index (χ0n) is 27.0. The highest BCUT2D eigenvalue weighted by Gasteiger charge is 2.32. The van der Waals surface area contributed by atoms with E-state index in [0.717, 1.165) is 80.2 Å². The van der Waals surface area contributed by atoms with Crippen molar-refractivity contribution in [2.24, 2.45) is 0 Å². The lowest BCUT2D eigenvalue weighted by atomic mass is 9.98. The highest BCUT2D eigenvalue weighted by Crippen LogP contribution is 2.38. The molecule has 0 radical (unpaired) electrons. The Morgan fingerprint density at radius 3 is 2.62 bits per heavy atom. The topological polar surface area (TPSA) is 117 Å². The lowest BCUT2D eigenvalue weighted by Gasteiger charge is -2.38. The summed E-state index contributed by atoms with van der Waals surface area (Å²) in [5, 5.41) is 15.4. The summed E-state index contributed by atoms with van der Waals surface area (Å²) in [4.78, 5) is 27.1. The average molecular weight is 653 g/mol. The quantitative estimate of drug-likeness (QED) is 0.213. The number of ether oxygens (including phenoxy) is 1. The maximum atomic E-state index is 13.3. The van der Waals surface area contributed by atoms with Crippen LogP contribution in [0.1, 0.15) is 63.8 Å². The molecule has 4 N–H and O–H groups in total. The molecule has 246 valence electrons. The van der Waals surface area contributed by atoms with E-state index >= 15 is 0 Å². The van der Waals surface area contributed by atoms with Crippen LogP contribution in [0.3, 0.4) is 0 Å². The summed E-state index contributed by atoms with van der Waals surface area (Å²) in [7, 11) is 0. The average Bonchev–Trinajstić information content (AvgIpc) is 3.84. The minimum Gasteiger partial charge on any atom is -0.395 e. The third kappa shape index (κ3) is 7.12. The minimum absolute atomic E-state index is 0.0560. The Balaban J connectivity index is 0.939. The van der Waals surface area contributed by atoms with Crippen LogP contribution in [0.5, 0.6) is 0 Å². The van der Waals surface area contributed by atoms with Gasteiger partial charge in [0.2, 0.25) is 0 Å². The van der Waals surface area contributed by atoms with E-state index in [0.29, 0.717) is 18.2 Å². The van der Waals surface area contributed by atoms with Gasteiger partial charge in [0.1, 0.15) is 5.82 Å². The van der Waals surface area contributed by atoms with Gasteiger partial charge in [-0.15, -0.1) is 11.3 Å². The van der Waals surface area contributed by atoms with Crippen molar-refractivity contribution in [1.82, 2.24) is 25.1 Å². The lowest BCUT2D eigenvalue weighted by molar-refractivity contribution is 0.0272. The Morgan fingerprint density at radius 2 is 1.85 bits per heavy atom. The van der Waals surface area contributed by atoms with Gasteiger partial charge < -0.3 is 20.9 Å². The van der Waals surface area contributed by atoms with E-state index in [4.69, 9.17) is 10.5 Å². The van der Waals surface area contributed by atoms with Crippen molar-refractivity contribution >= 4 is 23.1 Å². The van der Waals surface area contributed by atoms with Gasteiger partial charge in [0.05, 0.1) is 41.6 Å². The van der Waals surface area contributed by atoms with Crippen molar-refractivity contribution in [2.45, 2.75) is 63.8 Å². The van der Waals surface area contributed by atoms with Gasteiger partial charge in [-0.1, -0.05) is 42.5 Å². The highest BCUT2D eigenvalue weighted by atomic mass is 32.1. The predicted octanol–water partition coefficient (Wildman–Crippen LogP) is 5.23. The van der Waals surface area contributed by atoms with E-state index in [9.17, 15) is 9.90 Å². The number of amides is 1. The smallest absolute Gasteiger partial charge is 0.255 e. The molecule has 1 aliphatic heterocycles. The van der Waals surface area contributed by atoms with Crippen molar-refractivity contribution in [1.29, 1.82) is 0 Å². The van der Waals surface area contributed by atoms with Crippen LogP contribution in [0, 0.1) is 6.92 Å². The van der Waals surface area contributed by atoms with Gasteiger partial charge in [-0.25, -0.2) is 9.97 Å². The molecule has 3 atom stereocenters. The summed E-state index contributed by atoms with van der Waals surface area (Å²) in [5.74, 6) is -0.0137. The number of β-amino-alcohol motifs (C(OH)–C–C–N with tert-alkyl or cyclic N) is 1. The van der Waals surface area contributed by atoms with E-state index in [1.807, 2.05) is 12.3 Å². The number of aryl methyl sites for hydroxylation is 2. The summed E-state index contributed by atoms with van der Waals surface area (Å²) < 4.78 is 6.37. The Morgan fingerprint density at radius 1 is 1.04 bits per heavy atom. The molecule has 2 aromatic carbocycles. The van der Waals surface area contributed by atoms with Gasteiger partial charge in [0, 0.05) is 55.9 Å². The van der Waals surface area contributed by atoms with Crippen LogP contribution in [0.2, 0.25) is 0 Å². The van der Waals surface area contributed by atoms with Gasteiger partial charge in [0.15, 0.2) is 0 Å². The fourth-order valence-corrected chi connectivity index (χ4v) is 8.04. The molecule has 0 spiro atoms. The Labute approximate surface area is 280 Å². The molecule has 0 unspecified atom stereocenters. The number of hydrogen-bond acceptors (Lipinski definition) is 9. The van der Waals surface area contributed by atoms with Crippen molar-refractivity contribution < 1.29 is 14.6 Å². The molecule has 1 amide bonds. The van der Waals surface area contributed by atoms with Crippen molar-refractivity contribution in [3.05, 3.63) is 87.4 Å². The van der Waals surface area contributed by atoms with E-state index in [-0.39, 0.29) is 30.5 Å². The van der Waals surface area contributed by atoms with Gasteiger partial charge in [0.25, 0.3) is 5.91 Å². The number of aliphatic hydroxyl groups is 1. The first-order valence-electron chi connectivity index (χ1n) is 16.8. The molecular formula is C37H44N6O3S. The number of aromatic nitrogens is 2. The van der Waals surface area contributed by atoms with Crippen LogP contribution in [0.25, 0.3) is 22.4 Å². The Kier molecular flexibility index (Phi) is 9.65. The van der Waals surface area contributed by atoms with Crippen LogP contribution < -0.4 is 11.1 Å². The molecule has 2 fully saturated rings. The fraction of sp³-hybridized carbons (Fsp3) is 0.432. The number of piperazine rings is 1. The zero-order valence-corrected chi connectivity index (χ0v) is 27.8. The van der Waals surface area contributed by atoms with Crippen LogP contribution in [0.15, 0.2) is 60.1 Å². The Bertz CT molecular complexity index is 1700. The summed E-state index contributed by atoms with van der Waals surface area (Å²) in [5.41, 5.74) is 14.6. The Hall–Kier alpha value is -3.67. The standard InChI is InChI=1S/C37H44N6O3S/c1-24-40-33(23-47-24)29-20-31(36(38)39-21-29)37(45)41-32-3-2-4-35(32)46-22-25-5-7-26(8-6-25)27-9-11-30-28(19-27)10-12-34(30)43-15-13-42(14-16-43)17-18-44/h5-9,11,19-21,23,32,34-35,44H,2-4,10,12-18,22H2,1H3,(H2,38,39)(H,41,45)/t32-,34-,35-/m0/s1. The highest BCUT2D eigenvalue weighted by molar-refractivity contribution is 7.09. The number of carbonyl (C=O) groups excluding carboxylic acids is 1. The number of benzene rings is 2. The van der Waals surface area contributed by atoms with Crippen LogP contribution in [0.4, 0.5) is 5.82 Å². The number of rotatable bonds is 10. The molecule has 7 rings (SSSR count). The minimum atomic E-state index is -0.227. The van der Waals surface area contributed by atoms with Gasteiger partial charge >= 0.3 is 0 Å². The van der Waals surface area contributed by atoms with E-state index < -0.39 is 0 Å². The lowest BCUT2D eigenvalue weighted by Crippen LogP contribution is -2.47. The molecule has 0 bridgehead atoms. The number of anilines is 1. The monoisotopic (exact) mass is 652 g/mol. The number of carbonyl (C=O) groups is 1. The number of thiazole rings is 1. The molecule has 2 aliphatic carbocycles. The SMILES string of the molecule is Cc1nc(-c2cnc(N)c(C(=O)N[C@H]3CCC[C@@H]3OCc3ccc(-c4ccc5c(c4)CC[C@@H]5N4CCN(CCO)CC4)cc3)c2)cs1. The first-order chi connectivity index (χ1) is 22.9. The molecule has 1 saturated carbocycles. The number of fused-ring (bicyclic) bond motifs is 1. The number of nitrogen functional groups attached to an aromatic ring is 1. The second kappa shape index (κ2) is 14.2. The molecule has 3 aliphatic rings. The largest absolute Gasteiger partial charge is 0.395 e. The summed E-state index contributed by atoms with van der Waals surface area (Å²) in [6.45, 7) is 7.67. The maximum absolute atomic E-state index is 13.3. The molecule has 1 saturated heterocycles. The summed E-state index contributed by atoms with van der Waals surface area (Å²) >= 11 is 1.56. The van der Waals surface area contributed by atoms with E-state index in [1.54, 1.807) is 23.6 Å². The van der Waals surface area contributed by atoms with Crippen LogP contribution in [-0.2, 0) is 17.8 Å². The second-order valence-electron chi connectivity index (χ2n) is 13.0. The number of pyridine rings is 1. The molecule has 4 aromatic rings. The van der Waals surface area contributed by atoms with Crippen molar-refractivity contribution in [3.8, 4) is 22.4 Å². The van der Waals surface area contributed by atoms with Gasteiger partial charge in [-0.2, -0.15) is 0 Å². The second-order valence-corrected chi connectivity index (χ2v) is 14.1. The first kappa shape index (κ1) is 31.9. The number of nitrogens with two attached hydrogens (primary N) is 1. The summed E-state index contributed by atoms with van der Waals surface area (Å²) in [6.07, 6.45) is 6.68.